The van der Waals surface area contributed by atoms with E-state index in [1.807, 2.05) is 0 Å². The van der Waals surface area contributed by atoms with Crippen LogP contribution in [0.5, 0.6) is 5.75 Å². The zero-order valence-corrected chi connectivity index (χ0v) is 11.7. The third kappa shape index (κ3) is 3.22. The second-order valence-corrected chi connectivity index (χ2v) is 4.71. The highest BCUT2D eigenvalue weighted by atomic mass is 16.5. The fourth-order valence-corrected chi connectivity index (χ4v) is 2.25. The standard InChI is InChI=1S/C15H17NO5/c1-21-11-5-6-13-12(7-11)10(9-17)8-16(13)14(18)3-2-4-15(19)20/h5-8,17H,2-4,9H2,1H3,(H,19,20). The van der Waals surface area contributed by atoms with E-state index in [4.69, 9.17) is 9.84 Å². The number of nitrogens with zero attached hydrogens (tertiary/aromatic N) is 1. The average molecular weight is 291 g/mol. The molecule has 6 heteroatoms. The number of fused-ring (bicyclic) bond motifs is 1. The van der Waals surface area contributed by atoms with Crippen molar-refractivity contribution in [3.63, 3.8) is 0 Å². The monoisotopic (exact) mass is 291 g/mol. The Hall–Kier alpha value is -2.34. The number of carbonyl (C=O) groups is 2. The van der Waals surface area contributed by atoms with Gasteiger partial charge >= 0.3 is 5.97 Å². The van der Waals surface area contributed by atoms with Gasteiger partial charge in [0.15, 0.2) is 0 Å². The Morgan fingerprint density at radius 2 is 2.05 bits per heavy atom. The van der Waals surface area contributed by atoms with Crippen molar-refractivity contribution in [1.29, 1.82) is 0 Å². The van der Waals surface area contributed by atoms with Gasteiger partial charge in [0.05, 0.1) is 19.2 Å². The number of aromatic nitrogens is 1. The first-order chi connectivity index (χ1) is 10.1. The Morgan fingerprint density at radius 1 is 1.29 bits per heavy atom. The summed E-state index contributed by atoms with van der Waals surface area (Å²) in [5.74, 6) is -0.458. The number of rotatable bonds is 6. The minimum Gasteiger partial charge on any atom is -0.497 e. The number of aliphatic carboxylic acids is 1. The van der Waals surface area contributed by atoms with Gasteiger partial charge in [-0.3, -0.25) is 14.2 Å². The predicted molar refractivity (Wildman–Crippen MR) is 76.5 cm³/mol. The molecule has 2 N–H and O–H groups in total. The predicted octanol–water partition coefficient (Wildman–Crippen LogP) is 2.04. The van der Waals surface area contributed by atoms with Crippen LogP contribution in [0.15, 0.2) is 24.4 Å². The van der Waals surface area contributed by atoms with Crippen LogP contribution < -0.4 is 4.74 Å². The van der Waals surface area contributed by atoms with Gasteiger partial charge in [0.2, 0.25) is 5.91 Å². The molecule has 1 aromatic carbocycles. The molecule has 0 spiro atoms. The highest BCUT2D eigenvalue weighted by Crippen LogP contribution is 2.26. The molecule has 2 aromatic rings. The van der Waals surface area contributed by atoms with E-state index in [1.165, 1.54) is 4.57 Å². The Kier molecular flexibility index (Phi) is 4.59. The molecule has 0 saturated heterocycles. The SMILES string of the molecule is COc1ccc2c(c1)c(CO)cn2C(=O)CCCC(=O)O. The smallest absolute Gasteiger partial charge is 0.303 e. The molecule has 1 heterocycles. The van der Waals surface area contributed by atoms with E-state index in [0.29, 0.717) is 23.3 Å². The lowest BCUT2D eigenvalue weighted by Crippen LogP contribution is -2.09. The van der Waals surface area contributed by atoms with Crippen LogP contribution in [0.2, 0.25) is 0 Å². The van der Waals surface area contributed by atoms with Crippen LogP contribution in [0, 0.1) is 0 Å². The summed E-state index contributed by atoms with van der Waals surface area (Å²) in [6.45, 7) is -0.181. The zero-order chi connectivity index (χ0) is 15.4. The van der Waals surface area contributed by atoms with E-state index in [-0.39, 0.29) is 25.4 Å². The van der Waals surface area contributed by atoms with Crippen molar-refractivity contribution in [3.8, 4) is 5.75 Å². The number of aliphatic hydroxyl groups excluding tert-OH is 1. The van der Waals surface area contributed by atoms with Gasteiger partial charge in [0.25, 0.3) is 0 Å². The molecule has 0 aliphatic heterocycles. The van der Waals surface area contributed by atoms with Crippen molar-refractivity contribution in [1.82, 2.24) is 4.57 Å². The lowest BCUT2D eigenvalue weighted by Gasteiger charge is -2.04. The van der Waals surface area contributed by atoms with Crippen molar-refractivity contribution >= 4 is 22.8 Å². The molecule has 0 atom stereocenters. The Balaban J connectivity index is 2.31. The largest absolute Gasteiger partial charge is 0.497 e. The fraction of sp³-hybridized carbons (Fsp3) is 0.333. The van der Waals surface area contributed by atoms with Crippen molar-refractivity contribution < 1.29 is 24.5 Å². The van der Waals surface area contributed by atoms with Gasteiger partial charge in [-0.05, 0) is 24.6 Å². The van der Waals surface area contributed by atoms with Gasteiger partial charge < -0.3 is 14.9 Å². The van der Waals surface area contributed by atoms with E-state index >= 15 is 0 Å². The van der Waals surface area contributed by atoms with Crippen LogP contribution in [0.25, 0.3) is 10.9 Å². The first kappa shape index (κ1) is 15.1. The molecule has 0 bridgehead atoms. The normalized spacial score (nSPS) is 10.8. The number of methoxy groups -OCH3 is 1. The highest BCUT2D eigenvalue weighted by molar-refractivity contribution is 5.95. The number of carbonyl (C=O) groups excluding carboxylic acids is 1. The minimum atomic E-state index is -0.916. The molecule has 112 valence electrons. The third-order valence-corrected chi connectivity index (χ3v) is 3.31. The van der Waals surface area contributed by atoms with Gasteiger partial charge in [-0.1, -0.05) is 0 Å². The molecular weight excluding hydrogens is 274 g/mol. The summed E-state index contributed by atoms with van der Waals surface area (Å²) in [7, 11) is 1.55. The van der Waals surface area contributed by atoms with Crippen molar-refractivity contribution in [3.05, 3.63) is 30.0 Å². The molecule has 0 unspecified atom stereocenters. The molecule has 6 nitrogen and oxygen atoms in total. The van der Waals surface area contributed by atoms with Crippen LogP contribution in [0.3, 0.4) is 0 Å². The first-order valence-electron chi connectivity index (χ1n) is 6.60. The number of ether oxygens (including phenoxy) is 1. The lowest BCUT2D eigenvalue weighted by atomic mass is 10.2. The van der Waals surface area contributed by atoms with Crippen molar-refractivity contribution in [2.45, 2.75) is 25.9 Å². The van der Waals surface area contributed by atoms with E-state index in [9.17, 15) is 14.7 Å². The maximum Gasteiger partial charge on any atom is 0.303 e. The summed E-state index contributed by atoms with van der Waals surface area (Å²) < 4.78 is 6.60. The lowest BCUT2D eigenvalue weighted by molar-refractivity contribution is -0.137. The second kappa shape index (κ2) is 6.41. The van der Waals surface area contributed by atoms with Crippen molar-refractivity contribution in [2.24, 2.45) is 0 Å². The number of benzene rings is 1. The molecule has 1 aromatic heterocycles. The van der Waals surface area contributed by atoms with Crippen molar-refractivity contribution in [2.75, 3.05) is 7.11 Å². The van der Waals surface area contributed by atoms with Gasteiger partial charge in [-0.15, -0.1) is 0 Å². The van der Waals surface area contributed by atoms with E-state index in [1.54, 1.807) is 31.5 Å². The second-order valence-electron chi connectivity index (χ2n) is 4.71. The Bertz CT molecular complexity index is 674. The van der Waals surface area contributed by atoms with Gasteiger partial charge in [0, 0.05) is 30.0 Å². The number of aliphatic hydroxyl groups is 1. The molecule has 0 radical (unpaired) electrons. The molecule has 0 amide bonds. The number of hydrogen-bond donors (Lipinski definition) is 2. The van der Waals surface area contributed by atoms with Gasteiger partial charge in [-0.2, -0.15) is 0 Å². The molecule has 2 rings (SSSR count). The zero-order valence-electron chi connectivity index (χ0n) is 11.7. The molecule has 0 saturated carbocycles. The summed E-state index contributed by atoms with van der Waals surface area (Å²) in [4.78, 5) is 22.7. The van der Waals surface area contributed by atoms with Crippen LogP contribution in [0.1, 0.15) is 29.6 Å². The van der Waals surface area contributed by atoms with Crippen LogP contribution >= 0.6 is 0 Å². The Morgan fingerprint density at radius 3 is 2.67 bits per heavy atom. The van der Waals surface area contributed by atoms with Crippen LogP contribution in [-0.4, -0.2) is 33.8 Å². The van der Waals surface area contributed by atoms with Crippen LogP contribution in [-0.2, 0) is 11.4 Å². The average Bonchev–Trinajstić information content (AvgIpc) is 2.84. The van der Waals surface area contributed by atoms with Gasteiger partial charge in [-0.25, -0.2) is 0 Å². The Labute approximate surface area is 121 Å². The highest BCUT2D eigenvalue weighted by Gasteiger charge is 2.14. The summed E-state index contributed by atoms with van der Waals surface area (Å²) in [5, 5.41) is 18.8. The maximum atomic E-state index is 12.2. The number of carboxylic acids is 1. The molecule has 0 aliphatic rings. The summed E-state index contributed by atoms with van der Waals surface area (Å²) in [6.07, 6.45) is 1.99. The number of carboxylic acid groups (broad SMARTS) is 1. The van der Waals surface area contributed by atoms with E-state index < -0.39 is 5.97 Å². The minimum absolute atomic E-state index is 0.0361. The van der Waals surface area contributed by atoms with Crippen LogP contribution in [0.4, 0.5) is 0 Å². The van der Waals surface area contributed by atoms with Gasteiger partial charge in [0.1, 0.15) is 5.75 Å². The molecule has 0 aliphatic carbocycles. The summed E-state index contributed by atoms with van der Waals surface area (Å²) in [5.41, 5.74) is 1.32. The molecule has 21 heavy (non-hydrogen) atoms. The summed E-state index contributed by atoms with van der Waals surface area (Å²) in [6, 6.07) is 5.26. The number of hydrogen-bond acceptors (Lipinski definition) is 4. The third-order valence-electron chi connectivity index (χ3n) is 3.31. The summed E-state index contributed by atoms with van der Waals surface area (Å²) >= 11 is 0. The van der Waals surface area contributed by atoms with E-state index in [0.717, 1.165) is 5.39 Å². The van der Waals surface area contributed by atoms with E-state index in [2.05, 4.69) is 0 Å². The fourth-order valence-electron chi connectivity index (χ4n) is 2.25. The molecule has 0 fully saturated rings. The topological polar surface area (TPSA) is 88.8 Å². The first-order valence-corrected chi connectivity index (χ1v) is 6.60. The quantitative estimate of drug-likeness (QED) is 0.850. The maximum absolute atomic E-state index is 12.2. The molecular formula is C15H17NO5.